The lowest BCUT2D eigenvalue weighted by molar-refractivity contribution is 0.0131. The predicted octanol–water partition coefficient (Wildman–Crippen LogP) is 3.82. The topological polar surface area (TPSA) is 21.3 Å². The summed E-state index contributed by atoms with van der Waals surface area (Å²) in [6.45, 7) is 3.90. The highest BCUT2D eigenvalue weighted by Gasteiger charge is 2.18. The van der Waals surface area contributed by atoms with Crippen LogP contribution in [0.4, 0.5) is 0 Å². The van der Waals surface area contributed by atoms with Crippen molar-refractivity contribution in [2.75, 3.05) is 6.61 Å². The molecule has 0 saturated carbocycles. The van der Waals surface area contributed by atoms with E-state index >= 15 is 0 Å². The SMILES string of the molecule is CC1CC(NCc2cc(Br)c(Cl)s2)CCO1. The van der Waals surface area contributed by atoms with Crippen LogP contribution in [0.2, 0.25) is 4.34 Å². The van der Waals surface area contributed by atoms with Crippen LogP contribution in [0.5, 0.6) is 0 Å². The van der Waals surface area contributed by atoms with Gasteiger partial charge in [0.1, 0.15) is 4.34 Å². The van der Waals surface area contributed by atoms with Gasteiger partial charge in [-0.2, -0.15) is 0 Å². The van der Waals surface area contributed by atoms with Gasteiger partial charge in [0.05, 0.1) is 6.10 Å². The molecule has 2 unspecified atom stereocenters. The third-order valence-electron chi connectivity index (χ3n) is 2.75. The van der Waals surface area contributed by atoms with Gasteiger partial charge in [-0.05, 0) is 41.8 Å². The third kappa shape index (κ3) is 3.44. The number of halogens is 2. The van der Waals surface area contributed by atoms with Gasteiger partial charge in [0.2, 0.25) is 0 Å². The van der Waals surface area contributed by atoms with Crippen molar-refractivity contribution in [1.29, 1.82) is 0 Å². The number of rotatable bonds is 3. The van der Waals surface area contributed by atoms with E-state index in [0.717, 1.165) is 34.8 Å². The van der Waals surface area contributed by atoms with E-state index in [-0.39, 0.29) is 0 Å². The average molecular weight is 325 g/mol. The number of hydrogen-bond acceptors (Lipinski definition) is 3. The second-order valence-electron chi connectivity index (χ2n) is 4.12. The zero-order chi connectivity index (χ0) is 11.5. The van der Waals surface area contributed by atoms with E-state index < -0.39 is 0 Å². The van der Waals surface area contributed by atoms with Crippen molar-refractivity contribution in [2.24, 2.45) is 0 Å². The predicted molar refractivity (Wildman–Crippen MR) is 72.3 cm³/mol. The minimum atomic E-state index is 0.380. The van der Waals surface area contributed by atoms with E-state index in [0.29, 0.717) is 12.1 Å². The fourth-order valence-corrected chi connectivity index (χ4v) is 3.65. The average Bonchev–Trinajstić information content (AvgIpc) is 2.56. The lowest BCUT2D eigenvalue weighted by Crippen LogP contribution is -2.37. The van der Waals surface area contributed by atoms with Crippen molar-refractivity contribution < 1.29 is 4.74 Å². The van der Waals surface area contributed by atoms with Gasteiger partial charge in [0.25, 0.3) is 0 Å². The molecule has 2 rings (SSSR count). The van der Waals surface area contributed by atoms with Gasteiger partial charge in [-0.15, -0.1) is 11.3 Å². The minimum Gasteiger partial charge on any atom is -0.378 e. The fourth-order valence-electron chi connectivity index (χ4n) is 1.91. The zero-order valence-electron chi connectivity index (χ0n) is 9.13. The van der Waals surface area contributed by atoms with Crippen LogP contribution in [0.25, 0.3) is 0 Å². The fraction of sp³-hybridized carbons (Fsp3) is 0.636. The van der Waals surface area contributed by atoms with Crippen molar-refractivity contribution >= 4 is 38.9 Å². The lowest BCUT2D eigenvalue weighted by Gasteiger charge is -2.27. The van der Waals surface area contributed by atoms with Crippen LogP contribution in [0.3, 0.4) is 0 Å². The van der Waals surface area contributed by atoms with Crippen LogP contribution in [-0.2, 0) is 11.3 Å². The molecule has 0 aliphatic carbocycles. The summed E-state index contributed by atoms with van der Waals surface area (Å²) in [6.07, 6.45) is 2.58. The second kappa shape index (κ2) is 5.83. The van der Waals surface area contributed by atoms with Gasteiger partial charge in [-0.3, -0.25) is 0 Å². The molecule has 0 aromatic carbocycles. The maximum absolute atomic E-state index is 6.00. The first-order valence-corrected chi connectivity index (χ1v) is 7.42. The van der Waals surface area contributed by atoms with Crippen molar-refractivity contribution in [1.82, 2.24) is 5.32 Å². The lowest BCUT2D eigenvalue weighted by atomic mass is 10.0. The highest BCUT2D eigenvalue weighted by Crippen LogP contribution is 2.32. The van der Waals surface area contributed by atoms with Gasteiger partial charge in [-0.25, -0.2) is 0 Å². The molecule has 1 aliphatic rings. The van der Waals surface area contributed by atoms with Crippen LogP contribution in [0.1, 0.15) is 24.6 Å². The Morgan fingerprint density at radius 2 is 2.50 bits per heavy atom. The highest BCUT2D eigenvalue weighted by atomic mass is 79.9. The molecule has 90 valence electrons. The van der Waals surface area contributed by atoms with E-state index in [4.69, 9.17) is 16.3 Å². The first-order chi connectivity index (χ1) is 7.65. The molecule has 0 amide bonds. The van der Waals surface area contributed by atoms with Gasteiger partial charge in [-0.1, -0.05) is 11.6 Å². The van der Waals surface area contributed by atoms with Crippen molar-refractivity contribution in [3.8, 4) is 0 Å². The van der Waals surface area contributed by atoms with Crippen LogP contribution < -0.4 is 5.32 Å². The van der Waals surface area contributed by atoms with Crippen LogP contribution >= 0.6 is 38.9 Å². The van der Waals surface area contributed by atoms with Crippen LogP contribution in [-0.4, -0.2) is 18.8 Å². The third-order valence-corrected chi connectivity index (χ3v) is 5.22. The Bertz CT molecular complexity index is 338. The second-order valence-corrected chi connectivity index (χ2v) is 6.71. The van der Waals surface area contributed by atoms with E-state index in [1.165, 1.54) is 4.88 Å². The molecule has 0 radical (unpaired) electrons. The van der Waals surface area contributed by atoms with Gasteiger partial charge < -0.3 is 10.1 Å². The maximum Gasteiger partial charge on any atom is 0.107 e. The van der Waals surface area contributed by atoms with Crippen LogP contribution in [0, 0.1) is 0 Å². The molecule has 2 nitrogen and oxygen atoms in total. The molecule has 5 heteroatoms. The van der Waals surface area contributed by atoms with E-state index in [2.05, 4.69) is 34.2 Å². The zero-order valence-corrected chi connectivity index (χ0v) is 12.3. The summed E-state index contributed by atoms with van der Waals surface area (Å²) < 4.78 is 7.34. The molecule has 1 saturated heterocycles. The molecule has 2 heterocycles. The standard InChI is InChI=1S/C11H15BrClNOS/c1-7-4-8(2-3-15-7)14-6-9-5-10(12)11(13)16-9/h5,7-8,14H,2-4,6H2,1H3. The molecule has 0 spiro atoms. The summed E-state index contributed by atoms with van der Waals surface area (Å²) in [5, 5.41) is 3.56. The Morgan fingerprint density at radius 1 is 1.69 bits per heavy atom. The molecular weight excluding hydrogens is 310 g/mol. The van der Waals surface area contributed by atoms with Gasteiger partial charge in [0.15, 0.2) is 0 Å². The van der Waals surface area contributed by atoms with Crippen molar-refractivity contribution in [3.63, 3.8) is 0 Å². The monoisotopic (exact) mass is 323 g/mol. The molecule has 0 bridgehead atoms. The normalized spacial score (nSPS) is 25.9. The molecule has 2 atom stereocenters. The molecule has 16 heavy (non-hydrogen) atoms. The highest BCUT2D eigenvalue weighted by molar-refractivity contribution is 9.10. The summed E-state index contributed by atoms with van der Waals surface area (Å²) in [5.41, 5.74) is 0. The first kappa shape index (κ1) is 12.8. The van der Waals surface area contributed by atoms with Gasteiger partial charge in [0, 0.05) is 28.5 Å². The van der Waals surface area contributed by atoms with Crippen molar-refractivity contribution in [3.05, 3.63) is 19.8 Å². The largest absolute Gasteiger partial charge is 0.378 e. The molecule has 1 N–H and O–H groups in total. The summed E-state index contributed by atoms with van der Waals surface area (Å²) in [6, 6.07) is 2.66. The summed E-state index contributed by atoms with van der Waals surface area (Å²) in [7, 11) is 0. The van der Waals surface area contributed by atoms with E-state index in [9.17, 15) is 0 Å². The molecule has 1 aliphatic heterocycles. The Morgan fingerprint density at radius 3 is 3.12 bits per heavy atom. The van der Waals surface area contributed by atoms with Crippen molar-refractivity contribution in [2.45, 2.75) is 38.5 Å². The Hall–Kier alpha value is 0.390. The molecule has 1 aromatic heterocycles. The molecule has 1 fully saturated rings. The molecule has 1 aromatic rings. The Balaban J connectivity index is 1.82. The first-order valence-electron chi connectivity index (χ1n) is 5.44. The summed E-state index contributed by atoms with van der Waals surface area (Å²) >= 11 is 11.0. The number of thiophene rings is 1. The van der Waals surface area contributed by atoms with Crippen LogP contribution in [0.15, 0.2) is 10.5 Å². The Kier molecular flexibility index (Phi) is 4.67. The maximum atomic E-state index is 6.00. The smallest absolute Gasteiger partial charge is 0.107 e. The quantitative estimate of drug-likeness (QED) is 0.912. The molecular formula is C11H15BrClNOS. The Labute approximate surface area is 113 Å². The minimum absolute atomic E-state index is 0.380. The summed E-state index contributed by atoms with van der Waals surface area (Å²) in [4.78, 5) is 1.27. The summed E-state index contributed by atoms with van der Waals surface area (Å²) in [5.74, 6) is 0. The number of ether oxygens (including phenoxy) is 1. The number of hydrogen-bond donors (Lipinski definition) is 1. The number of nitrogens with one attached hydrogen (secondary N) is 1. The van der Waals surface area contributed by atoms with E-state index in [1.54, 1.807) is 11.3 Å². The van der Waals surface area contributed by atoms with E-state index in [1.807, 2.05) is 0 Å². The van der Waals surface area contributed by atoms with Gasteiger partial charge >= 0.3 is 0 Å².